The number of ether oxygens (including phenoxy) is 1. The van der Waals surface area contributed by atoms with Gasteiger partial charge in [-0.1, -0.05) is 32.3 Å². The van der Waals surface area contributed by atoms with Crippen LogP contribution < -0.4 is 10.1 Å². The Morgan fingerprint density at radius 3 is 2.71 bits per heavy atom. The predicted molar refractivity (Wildman–Crippen MR) is 89.1 cm³/mol. The summed E-state index contributed by atoms with van der Waals surface area (Å²) in [6, 6.07) is 6.22. The highest BCUT2D eigenvalue weighted by atomic mass is 32.2. The molecule has 21 heavy (non-hydrogen) atoms. The zero-order valence-electron chi connectivity index (χ0n) is 13.2. The first kappa shape index (κ1) is 16.5. The summed E-state index contributed by atoms with van der Waals surface area (Å²) < 4.78 is 18.0. The molecular formula is C17H27NO2S. The second-order valence-corrected chi connectivity index (χ2v) is 7.43. The number of benzene rings is 1. The van der Waals surface area contributed by atoms with E-state index in [0.29, 0.717) is 11.0 Å². The van der Waals surface area contributed by atoms with Gasteiger partial charge in [0.15, 0.2) is 0 Å². The van der Waals surface area contributed by atoms with E-state index in [1.165, 1.54) is 24.8 Å². The van der Waals surface area contributed by atoms with Gasteiger partial charge in [0, 0.05) is 28.2 Å². The number of hydrogen-bond acceptors (Lipinski definition) is 3. The van der Waals surface area contributed by atoms with E-state index in [4.69, 9.17) is 4.74 Å². The van der Waals surface area contributed by atoms with Gasteiger partial charge in [-0.2, -0.15) is 0 Å². The van der Waals surface area contributed by atoms with Crippen LogP contribution in [0.1, 0.15) is 50.2 Å². The number of nitrogens with one attached hydrogen (secondary N) is 1. The molecule has 2 rings (SSSR count). The van der Waals surface area contributed by atoms with E-state index >= 15 is 0 Å². The van der Waals surface area contributed by atoms with Crippen molar-refractivity contribution in [3.05, 3.63) is 29.3 Å². The van der Waals surface area contributed by atoms with Crippen LogP contribution in [0.15, 0.2) is 18.2 Å². The number of hydrogen-bond donors (Lipinski definition) is 1. The fourth-order valence-electron chi connectivity index (χ4n) is 2.92. The van der Waals surface area contributed by atoms with Crippen molar-refractivity contribution in [3.8, 4) is 5.75 Å². The van der Waals surface area contributed by atoms with Crippen molar-refractivity contribution in [1.82, 2.24) is 5.32 Å². The maximum atomic E-state index is 12.6. The van der Waals surface area contributed by atoms with Crippen molar-refractivity contribution in [2.45, 2.75) is 56.6 Å². The summed E-state index contributed by atoms with van der Waals surface area (Å²) in [5.41, 5.74) is 2.31. The number of methoxy groups -OCH3 is 1. The summed E-state index contributed by atoms with van der Waals surface area (Å²) in [5, 5.41) is 3.71. The molecule has 1 aliphatic rings. The van der Waals surface area contributed by atoms with Crippen molar-refractivity contribution in [3.63, 3.8) is 0 Å². The molecule has 1 fully saturated rings. The van der Waals surface area contributed by atoms with E-state index in [1.807, 2.05) is 6.07 Å². The molecule has 0 saturated heterocycles. The molecule has 0 heterocycles. The molecule has 0 bridgehead atoms. The van der Waals surface area contributed by atoms with Gasteiger partial charge in [0.25, 0.3) is 0 Å². The second-order valence-electron chi connectivity index (χ2n) is 5.71. The van der Waals surface area contributed by atoms with Crippen LogP contribution in [0, 0.1) is 0 Å². The third-order valence-corrected chi connectivity index (χ3v) is 5.96. The van der Waals surface area contributed by atoms with Gasteiger partial charge in [0.1, 0.15) is 5.75 Å². The largest absolute Gasteiger partial charge is 0.496 e. The van der Waals surface area contributed by atoms with Crippen molar-refractivity contribution < 1.29 is 8.95 Å². The van der Waals surface area contributed by atoms with E-state index in [1.54, 1.807) is 7.11 Å². The molecule has 0 radical (unpaired) electrons. The van der Waals surface area contributed by atoms with E-state index in [2.05, 4.69) is 24.4 Å². The van der Waals surface area contributed by atoms with E-state index in [0.717, 1.165) is 37.2 Å². The molecule has 1 aromatic carbocycles. The monoisotopic (exact) mass is 309 g/mol. The molecule has 4 heteroatoms. The van der Waals surface area contributed by atoms with Gasteiger partial charge in [-0.3, -0.25) is 4.21 Å². The lowest BCUT2D eigenvalue weighted by atomic mass is 10.0. The van der Waals surface area contributed by atoms with Crippen molar-refractivity contribution >= 4 is 10.8 Å². The summed E-state index contributed by atoms with van der Waals surface area (Å²) >= 11 is 0. The minimum Gasteiger partial charge on any atom is -0.496 e. The summed E-state index contributed by atoms with van der Waals surface area (Å²) in [6.07, 6.45) is 6.00. The molecule has 1 unspecified atom stereocenters. The first-order valence-corrected chi connectivity index (χ1v) is 9.36. The van der Waals surface area contributed by atoms with Gasteiger partial charge in [-0.05, 0) is 37.1 Å². The fourth-order valence-corrected chi connectivity index (χ4v) is 4.55. The zero-order chi connectivity index (χ0) is 15.1. The Kier molecular flexibility index (Phi) is 6.71. The Bertz CT molecular complexity index is 470. The first-order valence-electron chi connectivity index (χ1n) is 7.98. The van der Waals surface area contributed by atoms with Gasteiger partial charge in [0.05, 0.1) is 12.9 Å². The number of rotatable bonds is 7. The molecule has 118 valence electrons. The fraction of sp³-hybridized carbons (Fsp3) is 0.647. The van der Waals surface area contributed by atoms with Gasteiger partial charge in [-0.15, -0.1) is 0 Å². The van der Waals surface area contributed by atoms with Gasteiger partial charge in [-0.25, -0.2) is 0 Å². The van der Waals surface area contributed by atoms with Crippen LogP contribution in [-0.2, 0) is 23.1 Å². The van der Waals surface area contributed by atoms with Crippen LogP contribution in [0.2, 0.25) is 0 Å². The SMILES string of the molecule is CCNCc1ccc(OC)c(CS(=O)C2CCCCC2)c1. The van der Waals surface area contributed by atoms with E-state index < -0.39 is 10.8 Å². The molecule has 0 amide bonds. The van der Waals surface area contributed by atoms with Crippen LogP contribution in [0.4, 0.5) is 0 Å². The van der Waals surface area contributed by atoms with Crippen molar-refractivity contribution in [2.75, 3.05) is 13.7 Å². The average molecular weight is 309 g/mol. The maximum absolute atomic E-state index is 12.6. The smallest absolute Gasteiger partial charge is 0.123 e. The van der Waals surface area contributed by atoms with Crippen LogP contribution in [0.5, 0.6) is 5.75 Å². The van der Waals surface area contributed by atoms with Crippen molar-refractivity contribution in [1.29, 1.82) is 0 Å². The summed E-state index contributed by atoms with van der Waals surface area (Å²) in [4.78, 5) is 0. The lowest BCUT2D eigenvalue weighted by Gasteiger charge is -2.21. The Balaban J connectivity index is 2.06. The highest BCUT2D eigenvalue weighted by Crippen LogP contribution is 2.27. The Morgan fingerprint density at radius 2 is 2.05 bits per heavy atom. The third kappa shape index (κ3) is 4.82. The van der Waals surface area contributed by atoms with Crippen LogP contribution in [-0.4, -0.2) is 23.1 Å². The molecule has 1 saturated carbocycles. The molecule has 1 aliphatic carbocycles. The summed E-state index contributed by atoms with van der Waals surface area (Å²) in [7, 11) is 0.903. The average Bonchev–Trinajstić information content (AvgIpc) is 2.54. The molecule has 0 aliphatic heterocycles. The van der Waals surface area contributed by atoms with Gasteiger partial charge < -0.3 is 10.1 Å². The normalized spacial score (nSPS) is 17.6. The maximum Gasteiger partial charge on any atom is 0.123 e. The lowest BCUT2D eigenvalue weighted by Crippen LogP contribution is -2.20. The van der Waals surface area contributed by atoms with Crippen LogP contribution in [0.3, 0.4) is 0 Å². The zero-order valence-corrected chi connectivity index (χ0v) is 14.0. The van der Waals surface area contributed by atoms with Gasteiger partial charge in [0.2, 0.25) is 0 Å². The molecule has 3 nitrogen and oxygen atoms in total. The topological polar surface area (TPSA) is 38.3 Å². The van der Waals surface area contributed by atoms with Gasteiger partial charge >= 0.3 is 0 Å². The third-order valence-electron chi connectivity index (χ3n) is 4.15. The highest BCUT2D eigenvalue weighted by Gasteiger charge is 2.21. The molecular weight excluding hydrogens is 282 g/mol. The van der Waals surface area contributed by atoms with Crippen LogP contribution >= 0.6 is 0 Å². The minimum atomic E-state index is -0.784. The van der Waals surface area contributed by atoms with Crippen molar-refractivity contribution in [2.24, 2.45) is 0 Å². The second kappa shape index (κ2) is 8.54. The lowest BCUT2D eigenvalue weighted by molar-refractivity contribution is 0.411. The standard InChI is InChI=1S/C17H27NO2S/c1-3-18-12-14-9-10-17(20-2)15(11-14)13-21(19)16-7-5-4-6-8-16/h9-11,16,18H,3-8,12-13H2,1-2H3. The Morgan fingerprint density at radius 1 is 1.29 bits per heavy atom. The Hall–Kier alpha value is -0.870. The van der Waals surface area contributed by atoms with E-state index in [9.17, 15) is 4.21 Å². The minimum absolute atomic E-state index is 0.376. The molecule has 0 aromatic heterocycles. The first-order chi connectivity index (χ1) is 10.2. The summed E-state index contributed by atoms with van der Waals surface area (Å²) in [6.45, 7) is 3.90. The molecule has 1 N–H and O–H groups in total. The Labute approximate surface area is 130 Å². The quantitative estimate of drug-likeness (QED) is 0.839. The van der Waals surface area contributed by atoms with E-state index in [-0.39, 0.29) is 0 Å². The molecule has 0 spiro atoms. The highest BCUT2D eigenvalue weighted by molar-refractivity contribution is 7.84. The molecule has 1 atom stereocenters. The molecule has 1 aromatic rings. The predicted octanol–water partition coefficient (Wildman–Crippen LogP) is 3.39. The van der Waals surface area contributed by atoms with Crippen LogP contribution in [0.25, 0.3) is 0 Å². The summed E-state index contributed by atoms with van der Waals surface area (Å²) in [5.74, 6) is 1.48.